The number of amides is 2. The van der Waals surface area contributed by atoms with Crippen molar-refractivity contribution in [3.8, 4) is 0 Å². The number of hydrogen-bond acceptors (Lipinski definition) is 5. The van der Waals surface area contributed by atoms with E-state index in [-0.39, 0.29) is 11.9 Å². The van der Waals surface area contributed by atoms with Gasteiger partial charge in [0.25, 0.3) is 0 Å². The molecule has 23 heavy (non-hydrogen) atoms. The van der Waals surface area contributed by atoms with Crippen molar-refractivity contribution in [1.29, 1.82) is 5.41 Å². The molecule has 128 valence electrons. The van der Waals surface area contributed by atoms with E-state index in [1.807, 2.05) is 20.8 Å². The molecular weight excluding hydrogens is 298 g/mol. The largest absolute Gasteiger partial charge is 0.444 e. The van der Waals surface area contributed by atoms with Gasteiger partial charge in [0.15, 0.2) is 0 Å². The fourth-order valence-electron chi connectivity index (χ4n) is 1.74. The zero-order chi connectivity index (χ0) is 17.3. The van der Waals surface area contributed by atoms with Crippen molar-refractivity contribution in [3.05, 3.63) is 18.5 Å². The molecular formula is C15H25N5O3. The Balaban J connectivity index is 2.05. The summed E-state index contributed by atoms with van der Waals surface area (Å²) in [6, 6.07) is 1.68. The molecule has 1 heterocycles. The van der Waals surface area contributed by atoms with Crippen LogP contribution < -0.4 is 10.6 Å². The van der Waals surface area contributed by atoms with Gasteiger partial charge in [0, 0.05) is 25.4 Å². The number of aromatic nitrogens is 2. The molecule has 8 heteroatoms. The standard InChI is InChI=1S/C15H25N5O3/c1-15(2,3)23-14(22)17-9-6-4-5-8-12(21)19-13(16)20-11-7-10-18-20/h7,10-11H,4-6,8-9H2,1-3H3,(H,17,22)(H2,16,19,21). The van der Waals surface area contributed by atoms with Gasteiger partial charge in [0.1, 0.15) is 5.60 Å². The summed E-state index contributed by atoms with van der Waals surface area (Å²) >= 11 is 0. The third kappa shape index (κ3) is 8.60. The number of carbonyl (C=O) groups is 2. The first-order valence-electron chi connectivity index (χ1n) is 7.63. The highest BCUT2D eigenvalue weighted by atomic mass is 16.6. The van der Waals surface area contributed by atoms with E-state index >= 15 is 0 Å². The summed E-state index contributed by atoms with van der Waals surface area (Å²) in [5.74, 6) is -0.280. The van der Waals surface area contributed by atoms with Gasteiger partial charge in [0.05, 0.1) is 0 Å². The number of rotatable bonds is 6. The summed E-state index contributed by atoms with van der Waals surface area (Å²) in [5.41, 5.74) is -0.499. The summed E-state index contributed by atoms with van der Waals surface area (Å²) in [4.78, 5) is 23.1. The minimum atomic E-state index is -0.499. The fraction of sp³-hybridized carbons (Fsp3) is 0.600. The summed E-state index contributed by atoms with van der Waals surface area (Å²) < 4.78 is 6.40. The molecule has 0 aliphatic carbocycles. The molecule has 0 unspecified atom stereocenters. The Labute approximate surface area is 136 Å². The molecule has 0 radical (unpaired) electrons. The van der Waals surface area contributed by atoms with E-state index in [9.17, 15) is 9.59 Å². The molecule has 0 bridgehead atoms. The van der Waals surface area contributed by atoms with Gasteiger partial charge < -0.3 is 10.1 Å². The van der Waals surface area contributed by atoms with E-state index < -0.39 is 11.7 Å². The maximum Gasteiger partial charge on any atom is 0.407 e. The molecule has 0 atom stereocenters. The number of ether oxygens (including phenoxy) is 1. The molecule has 0 saturated heterocycles. The lowest BCUT2D eigenvalue weighted by Gasteiger charge is -2.19. The van der Waals surface area contributed by atoms with Crippen molar-refractivity contribution >= 4 is 18.0 Å². The normalized spacial score (nSPS) is 10.9. The Bertz CT molecular complexity index is 520. The van der Waals surface area contributed by atoms with Gasteiger partial charge in [-0.05, 0) is 39.7 Å². The maximum absolute atomic E-state index is 11.7. The second-order valence-electron chi connectivity index (χ2n) is 6.09. The van der Waals surface area contributed by atoms with Crippen LogP contribution in [0.5, 0.6) is 0 Å². The third-order valence-corrected chi connectivity index (χ3v) is 2.74. The molecule has 0 fully saturated rings. The second-order valence-corrected chi connectivity index (χ2v) is 6.09. The summed E-state index contributed by atoms with van der Waals surface area (Å²) in [5, 5.41) is 16.6. The van der Waals surface area contributed by atoms with Crippen LogP contribution in [0.1, 0.15) is 46.5 Å². The van der Waals surface area contributed by atoms with Crippen LogP contribution >= 0.6 is 0 Å². The number of hydrogen-bond donors (Lipinski definition) is 3. The monoisotopic (exact) mass is 323 g/mol. The van der Waals surface area contributed by atoms with Gasteiger partial charge in [-0.2, -0.15) is 5.10 Å². The Kier molecular flexibility index (Phi) is 7.24. The lowest BCUT2D eigenvalue weighted by Crippen LogP contribution is -2.35. The van der Waals surface area contributed by atoms with Crippen LogP contribution in [0.3, 0.4) is 0 Å². The minimum absolute atomic E-state index is 0.0633. The van der Waals surface area contributed by atoms with Crippen molar-refractivity contribution < 1.29 is 14.3 Å². The van der Waals surface area contributed by atoms with Gasteiger partial charge >= 0.3 is 6.09 Å². The Morgan fingerprint density at radius 3 is 2.61 bits per heavy atom. The zero-order valence-electron chi connectivity index (χ0n) is 13.9. The molecule has 2 amide bonds. The van der Waals surface area contributed by atoms with E-state index in [0.717, 1.165) is 12.8 Å². The highest BCUT2D eigenvalue weighted by Gasteiger charge is 2.15. The van der Waals surface area contributed by atoms with Gasteiger partial charge in [0.2, 0.25) is 11.9 Å². The Morgan fingerprint density at radius 2 is 2.00 bits per heavy atom. The lowest BCUT2D eigenvalue weighted by molar-refractivity contribution is -0.119. The van der Waals surface area contributed by atoms with Crippen LogP contribution in [0.2, 0.25) is 0 Å². The third-order valence-electron chi connectivity index (χ3n) is 2.74. The summed E-state index contributed by atoms with van der Waals surface area (Å²) in [6.45, 7) is 5.95. The molecule has 1 aromatic heterocycles. The highest BCUT2D eigenvalue weighted by Crippen LogP contribution is 2.06. The van der Waals surface area contributed by atoms with Crippen LogP contribution in [0.15, 0.2) is 18.5 Å². The average molecular weight is 323 g/mol. The summed E-state index contributed by atoms with van der Waals surface area (Å²) in [7, 11) is 0. The molecule has 0 aromatic carbocycles. The quantitative estimate of drug-likeness (QED) is 0.422. The molecule has 0 spiro atoms. The van der Waals surface area contributed by atoms with E-state index in [0.29, 0.717) is 19.4 Å². The topological polar surface area (TPSA) is 109 Å². The van der Waals surface area contributed by atoms with Gasteiger partial charge in [-0.3, -0.25) is 15.5 Å². The predicted molar refractivity (Wildman–Crippen MR) is 86.2 cm³/mol. The number of nitrogens with one attached hydrogen (secondary N) is 3. The van der Waals surface area contributed by atoms with Crippen molar-refractivity contribution in [2.45, 2.75) is 52.1 Å². The molecule has 0 saturated carbocycles. The Hall–Kier alpha value is -2.38. The number of nitrogens with zero attached hydrogens (tertiary/aromatic N) is 2. The van der Waals surface area contributed by atoms with Gasteiger partial charge in [-0.1, -0.05) is 6.42 Å². The van der Waals surface area contributed by atoms with Gasteiger partial charge in [-0.25, -0.2) is 9.48 Å². The van der Waals surface area contributed by atoms with Crippen LogP contribution in [0.25, 0.3) is 0 Å². The fourth-order valence-corrected chi connectivity index (χ4v) is 1.74. The van der Waals surface area contributed by atoms with Crippen molar-refractivity contribution in [1.82, 2.24) is 20.4 Å². The lowest BCUT2D eigenvalue weighted by atomic mass is 10.2. The number of alkyl carbamates (subject to hydrolysis) is 1. The average Bonchev–Trinajstić information content (AvgIpc) is 2.94. The number of unbranched alkanes of at least 4 members (excludes halogenated alkanes) is 2. The Morgan fingerprint density at radius 1 is 1.26 bits per heavy atom. The first kappa shape index (κ1) is 18.7. The van der Waals surface area contributed by atoms with Gasteiger partial charge in [-0.15, -0.1) is 0 Å². The highest BCUT2D eigenvalue weighted by molar-refractivity contribution is 5.95. The minimum Gasteiger partial charge on any atom is -0.444 e. The number of carbonyl (C=O) groups excluding carboxylic acids is 2. The SMILES string of the molecule is CC(C)(C)OC(=O)NCCCCCC(=O)NC(=N)n1cccn1. The molecule has 8 nitrogen and oxygen atoms in total. The van der Waals surface area contributed by atoms with Crippen LogP contribution in [-0.4, -0.2) is 39.9 Å². The first-order valence-corrected chi connectivity index (χ1v) is 7.63. The van der Waals surface area contributed by atoms with Crippen LogP contribution in [0, 0.1) is 5.41 Å². The van der Waals surface area contributed by atoms with E-state index in [1.165, 1.54) is 4.68 Å². The van der Waals surface area contributed by atoms with Crippen molar-refractivity contribution in [2.75, 3.05) is 6.54 Å². The first-order chi connectivity index (χ1) is 10.8. The van der Waals surface area contributed by atoms with Crippen molar-refractivity contribution in [2.24, 2.45) is 0 Å². The smallest absolute Gasteiger partial charge is 0.407 e. The molecule has 1 aromatic rings. The molecule has 1 rings (SSSR count). The molecule has 3 N–H and O–H groups in total. The van der Waals surface area contributed by atoms with E-state index in [4.69, 9.17) is 10.1 Å². The second kappa shape index (κ2) is 8.92. The van der Waals surface area contributed by atoms with Crippen molar-refractivity contribution in [3.63, 3.8) is 0 Å². The predicted octanol–water partition coefficient (Wildman–Crippen LogP) is 1.87. The molecule has 0 aliphatic rings. The van der Waals surface area contributed by atoms with Crippen LogP contribution in [-0.2, 0) is 9.53 Å². The summed E-state index contributed by atoms with van der Waals surface area (Å²) in [6.07, 6.45) is 5.29. The van der Waals surface area contributed by atoms with Crippen LogP contribution in [0.4, 0.5) is 4.79 Å². The maximum atomic E-state index is 11.7. The zero-order valence-corrected chi connectivity index (χ0v) is 13.9. The molecule has 0 aliphatic heterocycles. The van der Waals surface area contributed by atoms with E-state index in [2.05, 4.69) is 15.7 Å². The van der Waals surface area contributed by atoms with E-state index in [1.54, 1.807) is 18.5 Å².